The first-order valence-electron chi connectivity index (χ1n) is 7.93. The van der Waals surface area contributed by atoms with E-state index in [4.69, 9.17) is 9.47 Å². The molecule has 1 aliphatic heterocycles. The van der Waals surface area contributed by atoms with Gasteiger partial charge in [-0.1, -0.05) is 19.4 Å². The van der Waals surface area contributed by atoms with Crippen molar-refractivity contribution in [3.05, 3.63) is 11.6 Å². The number of rotatable bonds is 2. The van der Waals surface area contributed by atoms with Gasteiger partial charge in [0.1, 0.15) is 12.2 Å². The fraction of sp³-hybridized carbons (Fsp3) is 0.824. The number of carbonyl (C=O) groups is 1. The van der Waals surface area contributed by atoms with E-state index in [0.717, 1.165) is 12.8 Å². The summed E-state index contributed by atoms with van der Waals surface area (Å²) in [7, 11) is 0. The second kappa shape index (κ2) is 6.09. The summed E-state index contributed by atoms with van der Waals surface area (Å²) in [5.41, 5.74) is 0.822. The van der Waals surface area contributed by atoms with Crippen LogP contribution in [0.15, 0.2) is 11.6 Å². The average Bonchev–Trinajstić information content (AvgIpc) is 2.98. The number of hydrogen-bond donors (Lipinski definition) is 1. The van der Waals surface area contributed by atoms with E-state index in [-0.39, 0.29) is 29.7 Å². The van der Waals surface area contributed by atoms with E-state index in [0.29, 0.717) is 12.3 Å². The zero-order valence-electron chi connectivity index (χ0n) is 13.8. The molecule has 0 amide bonds. The van der Waals surface area contributed by atoms with Gasteiger partial charge in [-0.15, -0.1) is 0 Å². The van der Waals surface area contributed by atoms with Crippen molar-refractivity contribution < 1.29 is 19.4 Å². The van der Waals surface area contributed by atoms with Crippen molar-refractivity contribution in [2.24, 2.45) is 11.8 Å². The predicted octanol–water partition coefficient (Wildman–Crippen LogP) is 2.84. The van der Waals surface area contributed by atoms with E-state index in [2.05, 4.69) is 20.8 Å². The molecule has 1 saturated heterocycles. The molecule has 1 N–H and O–H groups in total. The van der Waals surface area contributed by atoms with Crippen LogP contribution < -0.4 is 0 Å². The van der Waals surface area contributed by atoms with Gasteiger partial charge in [0.15, 0.2) is 0 Å². The lowest BCUT2D eigenvalue weighted by molar-refractivity contribution is -0.144. The van der Waals surface area contributed by atoms with Gasteiger partial charge >= 0.3 is 5.97 Å². The molecule has 0 aromatic carbocycles. The highest BCUT2D eigenvalue weighted by Gasteiger charge is 2.58. The van der Waals surface area contributed by atoms with Gasteiger partial charge in [-0.05, 0) is 44.6 Å². The van der Waals surface area contributed by atoms with Crippen LogP contribution in [0.1, 0.15) is 53.9 Å². The summed E-state index contributed by atoms with van der Waals surface area (Å²) in [4.78, 5) is 11.3. The molecule has 21 heavy (non-hydrogen) atoms. The smallest absolute Gasteiger partial charge is 0.303 e. The largest absolute Gasteiger partial charge is 0.458 e. The molecular weight excluding hydrogens is 268 g/mol. The number of aliphatic hydroxyl groups is 1. The van der Waals surface area contributed by atoms with Gasteiger partial charge in [-0.2, -0.15) is 0 Å². The number of carbonyl (C=O) groups excluding carboxylic acids is 1. The maximum atomic E-state index is 11.3. The summed E-state index contributed by atoms with van der Waals surface area (Å²) in [5, 5.41) is 10.6. The Balaban J connectivity index is 2.21. The third-order valence-corrected chi connectivity index (χ3v) is 4.81. The first kappa shape index (κ1) is 16.5. The molecule has 0 radical (unpaired) electrons. The van der Waals surface area contributed by atoms with Crippen molar-refractivity contribution in [2.45, 2.75) is 77.8 Å². The lowest BCUT2D eigenvalue weighted by Gasteiger charge is -2.28. The number of fused-ring (bicyclic) bond motifs is 1. The SMILES string of the molecule is CC(=O)O[C@H]1/C=C(/C)CC[C@@H](C(C)C)[C@@H](O)[C@@H]2O[C@@]2(C)C1. The fourth-order valence-corrected chi connectivity index (χ4v) is 3.52. The number of aliphatic hydroxyl groups excluding tert-OH is 1. The fourth-order valence-electron chi connectivity index (χ4n) is 3.52. The minimum atomic E-state index is -0.445. The molecule has 2 aliphatic rings. The van der Waals surface area contributed by atoms with E-state index in [1.54, 1.807) is 0 Å². The molecule has 4 heteroatoms. The Labute approximate surface area is 127 Å². The van der Waals surface area contributed by atoms with E-state index < -0.39 is 6.10 Å². The van der Waals surface area contributed by atoms with Gasteiger partial charge in [0.05, 0.1) is 11.7 Å². The van der Waals surface area contributed by atoms with E-state index >= 15 is 0 Å². The summed E-state index contributed by atoms with van der Waals surface area (Å²) in [5.74, 6) is 0.387. The average molecular weight is 296 g/mol. The minimum absolute atomic E-state index is 0.144. The molecule has 1 fully saturated rings. The standard InChI is InChI=1S/C17H28O4/c1-10(2)14-7-6-11(3)8-13(20-12(4)18)9-17(5)16(21-17)15(14)19/h8,10,13-16,19H,6-7,9H2,1-5H3/b11-8-/t13-,14-,15+,16-,17-/m0/s1. The molecule has 0 aromatic heterocycles. The molecule has 0 saturated carbocycles. The van der Waals surface area contributed by atoms with E-state index in [1.807, 2.05) is 13.0 Å². The zero-order valence-corrected chi connectivity index (χ0v) is 13.8. The summed E-state index contributed by atoms with van der Waals surface area (Å²) in [6.45, 7) is 9.80. The molecule has 120 valence electrons. The van der Waals surface area contributed by atoms with Crippen LogP contribution in [0.2, 0.25) is 0 Å². The second-order valence-corrected chi connectivity index (χ2v) is 7.15. The summed E-state index contributed by atoms with van der Waals surface area (Å²) in [6, 6.07) is 0. The van der Waals surface area contributed by atoms with Crippen molar-refractivity contribution in [1.82, 2.24) is 0 Å². The molecule has 0 aromatic rings. The summed E-state index contributed by atoms with van der Waals surface area (Å²) >= 11 is 0. The molecule has 4 nitrogen and oxygen atoms in total. The Kier molecular flexibility index (Phi) is 4.79. The molecule has 0 unspecified atom stereocenters. The Hall–Kier alpha value is -0.870. The Morgan fingerprint density at radius 3 is 2.76 bits per heavy atom. The van der Waals surface area contributed by atoms with Gasteiger partial charge in [-0.25, -0.2) is 0 Å². The third kappa shape index (κ3) is 3.86. The topological polar surface area (TPSA) is 59.1 Å². The van der Waals surface area contributed by atoms with Crippen molar-refractivity contribution in [3.63, 3.8) is 0 Å². The van der Waals surface area contributed by atoms with Gasteiger partial charge in [-0.3, -0.25) is 4.79 Å². The summed E-state index contributed by atoms with van der Waals surface area (Å²) in [6.07, 6.45) is 3.65. The van der Waals surface area contributed by atoms with Crippen LogP contribution in [0.4, 0.5) is 0 Å². The first-order chi connectivity index (χ1) is 9.73. The monoisotopic (exact) mass is 296 g/mol. The molecule has 1 aliphatic carbocycles. The number of ether oxygens (including phenoxy) is 2. The normalized spacial score (nSPS) is 42.7. The highest BCUT2D eigenvalue weighted by molar-refractivity contribution is 5.66. The van der Waals surface area contributed by atoms with Crippen LogP contribution >= 0.6 is 0 Å². The zero-order chi connectivity index (χ0) is 15.8. The number of epoxide rings is 1. The van der Waals surface area contributed by atoms with Crippen LogP contribution in [0, 0.1) is 11.8 Å². The molecule has 1 heterocycles. The van der Waals surface area contributed by atoms with Crippen LogP contribution in [0.25, 0.3) is 0 Å². The maximum Gasteiger partial charge on any atom is 0.303 e. The number of hydrogen-bond acceptors (Lipinski definition) is 4. The van der Waals surface area contributed by atoms with Crippen molar-refractivity contribution >= 4 is 5.97 Å². The third-order valence-electron chi connectivity index (χ3n) is 4.81. The van der Waals surface area contributed by atoms with Gasteiger partial charge in [0.2, 0.25) is 0 Å². The Morgan fingerprint density at radius 1 is 1.52 bits per heavy atom. The Bertz CT molecular complexity index is 429. The number of esters is 1. The van der Waals surface area contributed by atoms with Crippen LogP contribution in [0.5, 0.6) is 0 Å². The van der Waals surface area contributed by atoms with E-state index in [9.17, 15) is 9.90 Å². The molecule has 0 spiro atoms. The van der Waals surface area contributed by atoms with Crippen molar-refractivity contribution in [2.75, 3.05) is 0 Å². The molecule has 0 bridgehead atoms. The number of allylic oxidation sites excluding steroid dienone is 1. The second-order valence-electron chi connectivity index (χ2n) is 7.15. The predicted molar refractivity (Wildman–Crippen MR) is 80.8 cm³/mol. The molecule has 2 rings (SSSR count). The van der Waals surface area contributed by atoms with Gasteiger partial charge in [0.25, 0.3) is 0 Å². The van der Waals surface area contributed by atoms with E-state index in [1.165, 1.54) is 12.5 Å². The van der Waals surface area contributed by atoms with Crippen LogP contribution in [-0.2, 0) is 14.3 Å². The van der Waals surface area contributed by atoms with Gasteiger partial charge < -0.3 is 14.6 Å². The highest BCUT2D eigenvalue weighted by Crippen LogP contribution is 2.46. The Morgan fingerprint density at radius 2 is 2.19 bits per heavy atom. The first-order valence-corrected chi connectivity index (χ1v) is 7.93. The quantitative estimate of drug-likeness (QED) is 0.483. The van der Waals surface area contributed by atoms with Gasteiger partial charge in [0, 0.05) is 13.3 Å². The maximum absolute atomic E-state index is 11.3. The highest BCUT2D eigenvalue weighted by atomic mass is 16.6. The van der Waals surface area contributed by atoms with Crippen molar-refractivity contribution in [1.29, 1.82) is 0 Å². The lowest BCUT2D eigenvalue weighted by atomic mass is 9.80. The lowest BCUT2D eigenvalue weighted by Crippen LogP contribution is -2.35. The summed E-state index contributed by atoms with van der Waals surface area (Å²) < 4.78 is 11.2. The molecular formula is C17H28O4. The minimum Gasteiger partial charge on any atom is -0.458 e. The molecule has 5 atom stereocenters. The van der Waals surface area contributed by atoms with Crippen molar-refractivity contribution in [3.8, 4) is 0 Å². The van der Waals surface area contributed by atoms with Crippen LogP contribution in [-0.4, -0.2) is 35.0 Å². The van der Waals surface area contributed by atoms with Crippen LogP contribution in [0.3, 0.4) is 0 Å².